The van der Waals surface area contributed by atoms with Crippen molar-refractivity contribution in [3.63, 3.8) is 0 Å². The standard InChI is InChI=1S/C14H23NO3/c16-13-1-6-15(7-2-13)12-3-8-18-14(11-12)4-9-17-10-5-14/h12H,1-11H2. The highest BCUT2D eigenvalue weighted by Gasteiger charge is 2.41. The third kappa shape index (κ3) is 2.60. The fourth-order valence-electron chi connectivity index (χ4n) is 3.54. The molecule has 3 aliphatic rings. The molecule has 0 aliphatic carbocycles. The van der Waals surface area contributed by atoms with Gasteiger partial charge in [-0.25, -0.2) is 0 Å². The zero-order chi connectivity index (χ0) is 12.4. The summed E-state index contributed by atoms with van der Waals surface area (Å²) in [6.45, 7) is 4.46. The fourth-order valence-corrected chi connectivity index (χ4v) is 3.54. The summed E-state index contributed by atoms with van der Waals surface area (Å²) in [7, 11) is 0. The molecule has 0 aromatic carbocycles. The van der Waals surface area contributed by atoms with E-state index < -0.39 is 0 Å². The Kier molecular flexibility index (Phi) is 3.68. The van der Waals surface area contributed by atoms with Gasteiger partial charge >= 0.3 is 0 Å². The summed E-state index contributed by atoms with van der Waals surface area (Å²) in [5.41, 5.74) is 0.0720. The summed E-state index contributed by atoms with van der Waals surface area (Å²) >= 11 is 0. The summed E-state index contributed by atoms with van der Waals surface area (Å²) in [4.78, 5) is 13.8. The summed E-state index contributed by atoms with van der Waals surface area (Å²) in [6, 6.07) is 0.616. The van der Waals surface area contributed by atoms with Gasteiger partial charge in [-0.2, -0.15) is 0 Å². The van der Waals surface area contributed by atoms with Crippen LogP contribution in [0.3, 0.4) is 0 Å². The summed E-state index contributed by atoms with van der Waals surface area (Å²) < 4.78 is 11.5. The van der Waals surface area contributed by atoms with E-state index in [1.165, 1.54) is 0 Å². The molecule has 1 spiro atoms. The van der Waals surface area contributed by atoms with E-state index in [-0.39, 0.29) is 5.60 Å². The van der Waals surface area contributed by atoms with Crippen molar-refractivity contribution in [3.05, 3.63) is 0 Å². The van der Waals surface area contributed by atoms with E-state index in [9.17, 15) is 4.79 Å². The molecule has 102 valence electrons. The van der Waals surface area contributed by atoms with Crippen molar-refractivity contribution in [2.75, 3.05) is 32.9 Å². The molecular weight excluding hydrogens is 230 g/mol. The number of nitrogens with zero attached hydrogens (tertiary/aromatic N) is 1. The molecule has 0 saturated carbocycles. The van der Waals surface area contributed by atoms with E-state index in [2.05, 4.69) is 4.90 Å². The van der Waals surface area contributed by atoms with Gasteiger partial charge in [0.15, 0.2) is 0 Å². The third-order valence-electron chi connectivity index (χ3n) is 4.74. The maximum atomic E-state index is 11.3. The Bertz CT molecular complexity index is 297. The molecule has 4 nitrogen and oxygen atoms in total. The summed E-state index contributed by atoms with van der Waals surface area (Å²) in [5.74, 6) is 0.430. The molecule has 0 N–H and O–H groups in total. The molecule has 1 atom stereocenters. The second kappa shape index (κ2) is 5.27. The molecule has 1 unspecified atom stereocenters. The predicted molar refractivity (Wildman–Crippen MR) is 67.6 cm³/mol. The maximum absolute atomic E-state index is 11.3. The highest BCUT2D eigenvalue weighted by Crippen LogP contribution is 2.36. The van der Waals surface area contributed by atoms with Gasteiger partial charge in [-0.15, -0.1) is 0 Å². The normalized spacial score (nSPS) is 33.8. The molecule has 3 fully saturated rings. The Balaban J connectivity index is 1.61. The van der Waals surface area contributed by atoms with Crippen molar-refractivity contribution in [1.29, 1.82) is 0 Å². The topological polar surface area (TPSA) is 38.8 Å². The number of carbonyl (C=O) groups excluding carboxylic acids is 1. The number of hydrogen-bond acceptors (Lipinski definition) is 4. The molecule has 3 rings (SSSR count). The van der Waals surface area contributed by atoms with Crippen molar-refractivity contribution in [3.8, 4) is 0 Å². The Morgan fingerprint density at radius 1 is 1.11 bits per heavy atom. The van der Waals surface area contributed by atoms with Crippen LogP contribution in [0.4, 0.5) is 0 Å². The molecule has 0 amide bonds. The van der Waals surface area contributed by atoms with E-state index >= 15 is 0 Å². The van der Waals surface area contributed by atoms with Crippen LogP contribution in [0, 0.1) is 0 Å². The summed E-state index contributed by atoms with van der Waals surface area (Å²) in [6.07, 6.45) is 5.81. The highest BCUT2D eigenvalue weighted by atomic mass is 16.5. The first kappa shape index (κ1) is 12.6. The molecule has 0 radical (unpaired) electrons. The van der Waals surface area contributed by atoms with E-state index in [0.29, 0.717) is 11.8 Å². The van der Waals surface area contributed by atoms with Gasteiger partial charge in [0.25, 0.3) is 0 Å². The first-order valence-electron chi connectivity index (χ1n) is 7.25. The Morgan fingerprint density at radius 2 is 1.83 bits per heavy atom. The van der Waals surface area contributed by atoms with E-state index in [4.69, 9.17) is 9.47 Å². The lowest BCUT2D eigenvalue weighted by atomic mass is 9.83. The summed E-state index contributed by atoms with van der Waals surface area (Å²) in [5, 5.41) is 0. The molecular formula is C14H23NO3. The van der Waals surface area contributed by atoms with Crippen molar-refractivity contribution in [2.45, 2.75) is 50.2 Å². The third-order valence-corrected chi connectivity index (χ3v) is 4.74. The molecule has 0 aromatic heterocycles. The molecule has 4 heteroatoms. The first-order valence-corrected chi connectivity index (χ1v) is 7.25. The van der Waals surface area contributed by atoms with Crippen LogP contribution >= 0.6 is 0 Å². The van der Waals surface area contributed by atoms with Gasteiger partial charge in [-0.05, 0) is 25.7 Å². The smallest absolute Gasteiger partial charge is 0.135 e. The second-order valence-corrected chi connectivity index (χ2v) is 5.87. The minimum atomic E-state index is 0.0720. The quantitative estimate of drug-likeness (QED) is 0.707. The van der Waals surface area contributed by atoms with Crippen molar-refractivity contribution >= 4 is 5.78 Å². The number of piperidine rings is 1. The molecule has 3 aliphatic heterocycles. The number of hydrogen-bond donors (Lipinski definition) is 0. The first-order chi connectivity index (χ1) is 8.77. The minimum absolute atomic E-state index is 0.0720. The number of Topliss-reactive ketones (excluding diaryl/α,β-unsaturated/α-hetero) is 1. The Hall–Kier alpha value is -0.450. The van der Waals surface area contributed by atoms with Gasteiger partial charge in [0.05, 0.1) is 5.60 Å². The van der Waals surface area contributed by atoms with Gasteiger partial charge in [-0.3, -0.25) is 9.69 Å². The SMILES string of the molecule is O=C1CCN(C2CCOC3(CCOCC3)C2)CC1. The van der Waals surface area contributed by atoms with Gasteiger partial charge in [-0.1, -0.05) is 0 Å². The Labute approximate surface area is 109 Å². The molecule has 3 saturated heterocycles. The van der Waals surface area contributed by atoms with Crippen LogP contribution in [0.25, 0.3) is 0 Å². The average molecular weight is 253 g/mol. The van der Waals surface area contributed by atoms with Crippen LogP contribution in [0.15, 0.2) is 0 Å². The highest BCUT2D eigenvalue weighted by molar-refractivity contribution is 5.79. The lowest BCUT2D eigenvalue weighted by Gasteiger charge is -2.47. The molecule has 0 bridgehead atoms. The van der Waals surface area contributed by atoms with E-state index in [0.717, 1.165) is 71.4 Å². The number of rotatable bonds is 1. The predicted octanol–water partition coefficient (Wildman–Crippen LogP) is 1.38. The number of likely N-dealkylation sites (tertiary alicyclic amines) is 1. The fraction of sp³-hybridized carbons (Fsp3) is 0.929. The largest absolute Gasteiger partial charge is 0.381 e. The second-order valence-electron chi connectivity index (χ2n) is 5.87. The number of ether oxygens (including phenoxy) is 2. The zero-order valence-electron chi connectivity index (χ0n) is 11.0. The maximum Gasteiger partial charge on any atom is 0.135 e. The van der Waals surface area contributed by atoms with Gasteiger partial charge in [0, 0.05) is 51.8 Å². The Morgan fingerprint density at radius 3 is 2.56 bits per heavy atom. The van der Waals surface area contributed by atoms with E-state index in [1.54, 1.807) is 0 Å². The number of carbonyl (C=O) groups is 1. The van der Waals surface area contributed by atoms with Crippen molar-refractivity contribution in [1.82, 2.24) is 4.90 Å². The van der Waals surface area contributed by atoms with Crippen molar-refractivity contribution in [2.24, 2.45) is 0 Å². The zero-order valence-corrected chi connectivity index (χ0v) is 11.0. The van der Waals surface area contributed by atoms with Crippen LogP contribution < -0.4 is 0 Å². The van der Waals surface area contributed by atoms with Gasteiger partial charge < -0.3 is 9.47 Å². The molecule has 0 aromatic rings. The van der Waals surface area contributed by atoms with Crippen LogP contribution in [0.2, 0.25) is 0 Å². The monoisotopic (exact) mass is 253 g/mol. The molecule has 18 heavy (non-hydrogen) atoms. The molecule has 3 heterocycles. The lowest BCUT2D eigenvalue weighted by Crippen LogP contribution is -2.52. The van der Waals surface area contributed by atoms with Crippen LogP contribution in [-0.4, -0.2) is 55.2 Å². The lowest BCUT2D eigenvalue weighted by molar-refractivity contribution is -0.153. The van der Waals surface area contributed by atoms with Gasteiger partial charge in [0.1, 0.15) is 5.78 Å². The minimum Gasteiger partial charge on any atom is -0.381 e. The van der Waals surface area contributed by atoms with Crippen LogP contribution in [0.1, 0.15) is 38.5 Å². The van der Waals surface area contributed by atoms with E-state index in [1.807, 2.05) is 0 Å². The van der Waals surface area contributed by atoms with Crippen LogP contribution in [-0.2, 0) is 14.3 Å². The number of ketones is 1. The van der Waals surface area contributed by atoms with Crippen molar-refractivity contribution < 1.29 is 14.3 Å². The van der Waals surface area contributed by atoms with Crippen LogP contribution in [0.5, 0.6) is 0 Å². The average Bonchev–Trinajstić information content (AvgIpc) is 2.40. The van der Waals surface area contributed by atoms with Gasteiger partial charge in [0.2, 0.25) is 0 Å².